The van der Waals surface area contributed by atoms with Gasteiger partial charge in [-0.05, 0) is 36.5 Å². The summed E-state index contributed by atoms with van der Waals surface area (Å²) in [5.74, 6) is -0.130. The fraction of sp³-hybridized carbons (Fsp3) is 0.478. The number of rotatable bonds is 3. The molecule has 4 rings (SSSR count). The molecule has 0 radical (unpaired) electrons. The third kappa shape index (κ3) is 3.94. The molecule has 0 aliphatic carbocycles. The molecule has 8 heteroatoms. The van der Waals surface area contributed by atoms with Gasteiger partial charge in [0, 0.05) is 47.0 Å². The Morgan fingerprint density at radius 3 is 2.39 bits per heavy atom. The lowest BCUT2D eigenvalue weighted by Gasteiger charge is -2.42. The molecule has 2 aliphatic heterocycles. The van der Waals surface area contributed by atoms with Crippen LogP contribution in [0.15, 0.2) is 36.5 Å². The first-order chi connectivity index (χ1) is 14.8. The molecule has 2 aliphatic rings. The van der Waals surface area contributed by atoms with Gasteiger partial charge in [-0.3, -0.25) is 19.1 Å². The first-order valence-corrected chi connectivity index (χ1v) is 10.6. The maximum Gasteiger partial charge on any atom is 0.272 e. The van der Waals surface area contributed by atoms with Crippen molar-refractivity contribution in [1.29, 1.82) is 0 Å². The van der Waals surface area contributed by atoms with Crippen LogP contribution >= 0.6 is 0 Å². The zero-order valence-corrected chi connectivity index (χ0v) is 18.4. The summed E-state index contributed by atoms with van der Waals surface area (Å²) in [6.07, 6.45) is 3.42. The molecule has 3 amide bonds. The normalized spacial score (nSPS) is 18.0. The highest BCUT2D eigenvalue weighted by molar-refractivity contribution is 5.93. The van der Waals surface area contributed by atoms with E-state index in [1.165, 1.54) is 4.90 Å². The van der Waals surface area contributed by atoms with Crippen LogP contribution in [0.25, 0.3) is 0 Å². The van der Waals surface area contributed by atoms with E-state index < -0.39 is 5.41 Å². The molecule has 0 N–H and O–H groups in total. The molecule has 1 saturated heterocycles. The Balaban J connectivity index is 1.59. The SMILES string of the molecule is CN(C)C(=O)CN1Cc2ccccc2CC2(CCN(C(=O)c3ccnn3C)CC2)C1=O. The molecular formula is C23H29N5O3. The average Bonchev–Trinajstić information content (AvgIpc) is 3.15. The highest BCUT2D eigenvalue weighted by Crippen LogP contribution is 2.40. The molecule has 164 valence electrons. The van der Waals surface area contributed by atoms with Gasteiger partial charge in [0.05, 0.1) is 5.41 Å². The van der Waals surface area contributed by atoms with Crippen molar-refractivity contribution in [2.75, 3.05) is 33.7 Å². The molecular weight excluding hydrogens is 394 g/mol. The van der Waals surface area contributed by atoms with Crippen molar-refractivity contribution in [3.05, 3.63) is 53.3 Å². The number of piperidine rings is 1. The Bertz CT molecular complexity index is 1000. The van der Waals surface area contributed by atoms with E-state index in [2.05, 4.69) is 11.2 Å². The summed E-state index contributed by atoms with van der Waals surface area (Å²) in [5.41, 5.74) is 2.20. The molecule has 1 spiro atoms. The van der Waals surface area contributed by atoms with Crippen molar-refractivity contribution in [3.8, 4) is 0 Å². The van der Waals surface area contributed by atoms with E-state index >= 15 is 0 Å². The lowest BCUT2D eigenvalue weighted by atomic mass is 9.73. The number of carbonyl (C=O) groups is 3. The third-order valence-corrected chi connectivity index (χ3v) is 6.62. The van der Waals surface area contributed by atoms with Crippen molar-refractivity contribution in [2.45, 2.75) is 25.8 Å². The second-order valence-electron chi connectivity index (χ2n) is 8.81. The Hall–Kier alpha value is -3.16. The maximum atomic E-state index is 13.7. The number of hydrogen-bond acceptors (Lipinski definition) is 4. The lowest BCUT2D eigenvalue weighted by molar-refractivity contribution is -0.149. The van der Waals surface area contributed by atoms with Crippen LogP contribution in [-0.2, 0) is 29.6 Å². The van der Waals surface area contributed by atoms with Crippen molar-refractivity contribution >= 4 is 17.7 Å². The van der Waals surface area contributed by atoms with E-state index in [4.69, 9.17) is 0 Å². The van der Waals surface area contributed by atoms with Crippen LogP contribution in [0.4, 0.5) is 0 Å². The van der Waals surface area contributed by atoms with Gasteiger partial charge in [0.25, 0.3) is 5.91 Å². The monoisotopic (exact) mass is 423 g/mol. The van der Waals surface area contributed by atoms with Crippen LogP contribution in [0.3, 0.4) is 0 Å². The van der Waals surface area contributed by atoms with Gasteiger partial charge in [-0.2, -0.15) is 5.10 Å². The van der Waals surface area contributed by atoms with Gasteiger partial charge in [-0.1, -0.05) is 24.3 Å². The van der Waals surface area contributed by atoms with Crippen molar-refractivity contribution in [3.63, 3.8) is 0 Å². The number of benzene rings is 1. The lowest BCUT2D eigenvalue weighted by Crippen LogP contribution is -2.52. The highest BCUT2D eigenvalue weighted by atomic mass is 16.2. The summed E-state index contributed by atoms with van der Waals surface area (Å²) in [6.45, 7) is 1.52. The zero-order chi connectivity index (χ0) is 22.2. The van der Waals surface area contributed by atoms with Gasteiger partial charge < -0.3 is 14.7 Å². The standard InChI is InChI=1S/C23H29N5O3/c1-25(2)20(29)16-28-15-18-7-5-4-6-17(18)14-23(22(28)31)9-12-27(13-10-23)21(30)19-8-11-24-26(19)3/h4-8,11H,9-10,12-16H2,1-3H3. The summed E-state index contributed by atoms with van der Waals surface area (Å²) < 4.78 is 1.58. The smallest absolute Gasteiger partial charge is 0.272 e. The highest BCUT2D eigenvalue weighted by Gasteiger charge is 2.46. The molecule has 31 heavy (non-hydrogen) atoms. The summed E-state index contributed by atoms with van der Waals surface area (Å²) in [4.78, 5) is 44.1. The summed E-state index contributed by atoms with van der Waals surface area (Å²) in [7, 11) is 5.16. The number of amides is 3. The van der Waals surface area contributed by atoms with Crippen LogP contribution in [0.2, 0.25) is 0 Å². The Morgan fingerprint density at radius 2 is 1.77 bits per heavy atom. The number of carbonyl (C=O) groups excluding carboxylic acids is 3. The molecule has 0 atom stereocenters. The summed E-state index contributed by atoms with van der Waals surface area (Å²) in [5, 5.41) is 4.09. The number of likely N-dealkylation sites (tertiary alicyclic amines) is 1. The van der Waals surface area contributed by atoms with E-state index in [0.29, 0.717) is 44.6 Å². The van der Waals surface area contributed by atoms with E-state index in [1.807, 2.05) is 23.1 Å². The molecule has 3 heterocycles. The fourth-order valence-electron chi connectivity index (χ4n) is 4.64. The molecule has 8 nitrogen and oxygen atoms in total. The maximum absolute atomic E-state index is 13.7. The van der Waals surface area contributed by atoms with Gasteiger partial charge in [0.15, 0.2) is 0 Å². The quantitative estimate of drug-likeness (QED) is 0.746. The minimum atomic E-state index is -0.595. The molecule has 0 saturated carbocycles. The molecule has 1 fully saturated rings. The number of likely N-dealkylation sites (N-methyl/N-ethyl adjacent to an activating group) is 1. The summed E-state index contributed by atoms with van der Waals surface area (Å²) in [6, 6.07) is 9.81. The van der Waals surface area contributed by atoms with E-state index in [1.54, 1.807) is 43.0 Å². The average molecular weight is 424 g/mol. The largest absolute Gasteiger partial charge is 0.347 e. The summed E-state index contributed by atoms with van der Waals surface area (Å²) >= 11 is 0. The molecule has 0 unspecified atom stereocenters. The molecule has 2 aromatic rings. The molecule has 1 aromatic heterocycles. The number of fused-ring (bicyclic) bond motifs is 1. The van der Waals surface area contributed by atoms with Gasteiger partial charge in [-0.25, -0.2) is 0 Å². The Morgan fingerprint density at radius 1 is 1.10 bits per heavy atom. The number of nitrogens with zero attached hydrogens (tertiary/aromatic N) is 5. The molecule has 0 bridgehead atoms. The minimum Gasteiger partial charge on any atom is -0.347 e. The van der Waals surface area contributed by atoms with Crippen molar-refractivity contribution in [2.24, 2.45) is 12.5 Å². The minimum absolute atomic E-state index is 0.0199. The number of aromatic nitrogens is 2. The van der Waals surface area contributed by atoms with E-state index in [0.717, 1.165) is 11.1 Å². The number of hydrogen-bond donors (Lipinski definition) is 0. The van der Waals surface area contributed by atoms with E-state index in [-0.39, 0.29) is 24.3 Å². The van der Waals surface area contributed by atoms with Gasteiger partial charge in [0.1, 0.15) is 12.2 Å². The van der Waals surface area contributed by atoms with Crippen LogP contribution in [0.5, 0.6) is 0 Å². The Kier molecular flexibility index (Phi) is 5.56. The topological polar surface area (TPSA) is 78.8 Å². The predicted octanol–water partition coefficient (Wildman–Crippen LogP) is 1.32. The first kappa shape index (κ1) is 21.1. The Labute approximate surface area is 182 Å². The van der Waals surface area contributed by atoms with Crippen LogP contribution < -0.4 is 0 Å². The van der Waals surface area contributed by atoms with Crippen LogP contribution in [-0.4, -0.2) is 75.9 Å². The third-order valence-electron chi connectivity index (χ3n) is 6.62. The fourth-order valence-corrected chi connectivity index (χ4v) is 4.64. The van der Waals surface area contributed by atoms with Crippen LogP contribution in [0, 0.1) is 5.41 Å². The zero-order valence-electron chi connectivity index (χ0n) is 18.4. The first-order valence-electron chi connectivity index (χ1n) is 10.6. The predicted molar refractivity (Wildman–Crippen MR) is 115 cm³/mol. The van der Waals surface area contributed by atoms with Crippen molar-refractivity contribution in [1.82, 2.24) is 24.5 Å². The van der Waals surface area contributed by atoms with Gasteiger partial charge >= 0.3 is 0 Å². The van der Waals surface area contributed by atoms with Gasteiger partial charge in [0.2, 0.25) is 11.8 Å². The van der Waals surface area contributed by atoms with E-state index in [9.17, 15) is 14.4 Å². The number of aryl methyl sites for hydroxylation is 1. The van der Waals surface area contributed by atoms with Crippen molar-refractivity contribution < 1.29 is 14.4 Å². The molecule has 1 aromatic carbocycles. The second-order valence-corrected chi connectivity index (χ2v) is 8.81. The van der Waals surface area contributed by atoms with Crippen LogP contribution in [0.1, 0.15) is 34.5 Å². The second kappa shape index (κ2) is 8.17. The van der Waals surface area contributed by atoms with Gasteiger partial charge in [-0.15, -0.1) is 0 Å².